The van der Waals surface area contributed by atoms with Gasteiger partial charge in [-0.3, -0.25) is 4.79 Å². The predicted octanol–water partition coefficient (Wildman–Crippen LogP) is 2.91. The molecule has 1 heterocycles. The second kappa shape index (κ2) is 11.7. The average Bonchev–Trinajstić information content (AvgIpc) is 2.69. The predicted molar refractivity (Wildman–Crippen MR) is 115 cm³/mol. The van der Waals surface area contributed by atoms with E-state index in [9.17, 15) is 4.79 Å². The summed E-state index contributed by atoms with van der Waals surface area (Å²) in [6, 6.07) is 7.84. The Balaban J connectivity index is 1.73. The Labute approximate surface area is 184 Å². The van der Waals surface area contributed by atoms with E-state index in [0.717, 1.165) is 11.4 Å². The standard InChI is InChI=1S/C19H23BrCl2N2O4/c1-2-10-26-11-12-27-13-14-28-17-5-3-4-16(15-17)23-6-8-24(9-7-23)18(25)19(20,21)22/h1,3-5,15H,6-14H2. The second-order valence-corrected chi connectivity index (χ2v) is 9.42. The van der Waals surface area contributed by atoms with Gasteiger partial charge in [-0.1, -0.05) is 35.2 Å². The lowest BCUT2D eigenvalue weighted by Crippen LogP contribution is -2.51. The maximum Gasteiger partial charge on any atom is 0.270 e. The third kappa shape index (κ3) is 7.69. The Morgan fingerprint density at radius 1 is 1.14 bits per heavy atom. The Kier molecular flexibility index (Phi) is 9.69. The fourth-order valence-electron chi connectivity index (χ4n) is 2.69. The van der Waals surface area contributed by atoms with E-state index in [1.165, 1.54) is 0 Å². The molecule has 2 rings (SSSR count). The van der Waals surface area contributed by atoms with Gasteiger partial charge in [0.05, 0.1) is 19.8 Å². The molecule has 0 bridgehead atoms. The molecule has 1 aromatic rings. The molecule has 9 heteroatoms. The van der Waals surface area contributed by atoms with Crippen molar-refractivity contribution in [2.24, 2.45) is 0 Å². The van der Waals surface area contributed by atoms with E-state index in [4.69, 9.17) is 43.8 Å². The van der Waals surface area contributed by atoms with Crippen molar-refractivity contribution in [2.45, 2.75) is 3.24 Å². The molecule has 0 unspecified atom stereocenters. The second-order valence-electron chi connectivity index (χ2n) is 5.99. The van der Waals surface area contributed by atoms with Gasteiger partial charge in [0.1, 0.15) is 19.0 Å². The van der Waals surface area contributed by atoms with E-state index in [0.29, 0.717) is 59.2 Å². The van der Waals surface area contributed by atoms with Crippen molar-refractivity contribution in [1.29, 1.82) is 0 Å². The van der Waals surface area contributed by atoms with Crippen LogP contribution in [0.25, 0.3) is 0 Å². The summed E-state index contributed by atoms with van der Waals surface area (Å²) >= 11 is 14.6. The molecule has 0 atom stereocenters. The number of amides is 1. The van der Waals surface area contributed by atoms with E-state index in [1.807, 2.05) is 24.3 Å². The molecular formula is C19H23BrCl2N2O4. The van der Waals surface area contributed by atoms with Gasteiger partial charge in [0, 0.05) is 37.9 Å². The quantitative estimate of drug-likeness (QED) is 0.285. The fourth-order valence-corrected chi connectivity index (χ4v) is 3.18. The van der Waals surface area contributed by atoms with Crippen molar-refractivity contribution >= 4 is 50.7 Å². The molecule has 28 heavy (non-hydrogen) atoms. The molecule has 0 saturated carbocycles. The highest BCUT2D eigenvalue weighted by Gasteiger charge is 2.35. The summed E-state index contributed by atoms with van der Waals surface area (Å²) in [5.74, 6) is 2.83. The Morgan fingerprint density at radius 3 is 2.50 bits per heavy atom. The third-order valence-electron chi connectivity index (χ3n) is 4.05. The summed E-state index contributed by atoms with van der Waals surface area (Å²) in [6.07, 6.45) is 5.09. The first-order chi connectivity index (χ1) is 13.4. The lowest BCUT2D eigenvalue weighted by molar-refractivity contribution is -0.130. The van der Waals surface area contributed by atoms with Gasteiger partial charge < -0.3 is 24.0 Å². The fraction of sp³-hybridized carbons (Fsp3) is 0.526. The molecular weight excluding hydrogens is 471 g/mol. The summed E-state index contributed by atoms with van der Waals surface area (Å²) in [4.78, 5) is 15.9. The number of terminal acetylenes is 1. The van der Waals surface area contributed by atoms with Crippen molar-refractivity contribution in [2.75, 3.05) is 64.1 Å². The van der Waals surface area contributed by atoms with Crippen LogP contribution in [0.1, 0.15) is 0 Å². The first-order valence-corrected chi connectivity index (χ1v) is 10.4. The number of piperazine rings is 1. The molecule has 154 valence electrons. The number of hydrogen-bond acceptors (Lipinski definition) is 5. The van der Waals surface area contributed by atoms with E-state index in [2.05, 4.69) is 26.8 Å². The summed E-state index contributed by atoms with van der Waals surface area (Å²) < 4.78 is 14.7. The van der Waals surface area contributed by atoms with Crippen LogP contribution < -0.4 is 9.64 Å². The minimum Gasteiger partial charge on any atom is -0.491 e. The van der Waals surface area contributed by atoms with Crippen LogP contribution in [0, 0.1) is 12.3 Å². The molecule has 1 fully saturated rings. The molecule has 0 radical (unpaired) electrons. The molecule has 0 aliphatic carbocycles. The maximum absolute atomic E-state index is 12.1. The van der Waals surface area contributed by atoms with Crippen LogP contribution in [-0.2, 0) is 14.3 Å². The van der Waals surface area contributed by atoms with E-state index >= 15 is 0 Å². The van der Waals surface area contributed by atoms with Gasteiger partial charge in [0.2, 0.25) is 3.24 Å². The Hall–Kier alpha value is -1.17. The SMILES string of the molecule is C#CCOCCOCCOc1cccc(N2CCN(C(=O)C(Cl)(Cl)Br)CC2)c1. The minimum atomic E-state index is -1.57. The van der Waals surface area contributed by atoms with Crippen LogP contribution in [0.5, 0.6) is 5.75 Å². The lowest BCUT2D eigenvalue weighted by atomic mass is 10.2. The smallest absolute Gasteiger partial charge is 0.270 e. The van der Waals surface area contributed by atoms with E-state index in [1.54, 1.807) is 4.90 Å². The van der Waals surface area contributed by atoms with Crippen molar-refractivity contribution in [1.82, 2.24) is 4.90 Å². The lowest BCUT2D eigenvalue weighted by Gasteiger charge is -2.37. The molecule has 0 aromatic heterocycles. The molecule has 1 saturated heterocycles. The molecule has 1 aromatic carbocycles. The summed E-state index contributed by atoms with van der Waals surface area (Å²) in [5.41, 5.74) is 1.04. The normalized spacial score (nSPS) is 14.6. The number of alkyl halides is 3. The number of ether oxygens (including phenoxy) is 3. The van der Waals surface area contributed by atoms with Gasteiger partial charge in [0.15, 0.2) is 0 Å². The minimum absolute atomic E-state index is 0.295. The molecule has 6 nitrogen and oxygen atoms in total. The van der Waals surface area contributed by atoms with Crippen LogP contribution in [0.2, 0.25) is 0 Å². The third-order valence-corrected chi connectivity index (χ3v) is 4.71. The monoisotopic (exact) mass is 492 g/mol. The highest BCUT2D eigenvalue weighted by molar-refractivity contribution is 9.11. The average molecular weight is 494 g/mol. The van der Waals surface area contributed by atoms with Crippen molar-refractivity contribution in [3.63, 3.8) is 0 Å². The maximum atomic E-state index is 12.1. The highest BCUT2D eigenvalue weighted by atomic mass is 79.9. The van der Waals surface area contributed by atoms with Gasteiger partial charge >= 0.3 is 0 Å². The Morgan fingerprint density at radius 2 is 1.82 bits per heavy atom. The Bertz CT molecular complexity index is 671. The van der Waals surface area contributed by atoms with Gasteiger partial charge in [0.25, 0.3) is 5.91 Å². The zero-order valence-corrected chi connectivity index (χ0v) is 18.5. The molecule has 1 aliphatic heterocycles. The molecule has 1 aliphatic rings. The van der Waals surface area contributed by atoms with Gasteiger partial charge in [-0.05, 0) is 28.1 Å². The topological polar surface area (TPSA) is 51.2 Å². The number of anilines is 1. The van der Waals surface area contributed by atoms with Crippen LogP contribution in [0.3, 0.4) is 0 Å². The van der Waals surface area contributed by atoms with Crippen LogP contribution in [0.15, 0.2) is 24.3 Å². The number of benzene rings is 1. The largest absolute Gasteiger partial charge is 0.491 e. The molecule has 0 N–H and O–H groups in total. The van der Waals surface area contributed by atoms with Crippen LogP contribution in [0.4, 0.5) is 5.69 Å². The molecule has 1 amide bonds. The first kappa shape index (κ1) is 23.1. The number of rotatable bonds is 10. The number of halogens is 3. The van der Waals surface area contributed by atoms with Crippen LogP contribution in [-0.4, -0.2) is 73.3 Å². The molecule has 0 spiro atoms. The number of hydrogen-bond donors (Lipinski definition) is 0. The number of carbonyl (C=O) groups excluding carboxylic acids is 1. The zero-order valence-electron chi connectivity index (χ0n) is 15.4. The highest BCUT2D eigenvalue weighted by Crippen LogP contribution is 2.31. The van der Waals surface area contributed by atoms with Gasteiger partial charge in [-0.2, -0.15) is 0 Å². The van der Waals surface area contributed by atoms with Crippen molar-refractivity contribution in [3.05, 3.63) is 24.3 Å². The summed E-state index contributed by atoms with van der Waals surface area (Å²) in [5, 5.41) is 0. The number of nitrogens with zero attached hydrogens (tertiary/aromatic N) is 2. The van der Waals surface area contributed by atoms with Crippen molar-refractivity contribution in [3.8, 4) is 18.1 Å². The van der Waals surface area contributed by atoms with Crippen molar-refractivity contribution < 1.29 is 19.0 Å². The summed E-state index contributed by atoms with van der Waals surface area (Å²) in [7, 11) is 0. The summed E-state index contributed by atoms with van der Waals surface area (Å²) in [6.45, 7) is 4.63. The van der Waals surface area contributed by atoms with E-state index in [-0.39, 0.29) is 5.91 Å². The first-order valence-electron chi connectivity index (χ1n) is 8.84. The van der Waals surface area contributed by atoms with Crippen LogP contribution >= 0.6 is 39.1 Å². The van der Waals surface area contributed by atoms with Gasteiger partial charge in [-0.25, -0.2) is 0 Å². The van der Waals surface area contributed by atoms with Gasteiger partial charge in [-0.15, -0.1) is 6.42 Å². The van der Waals surface area contributed by atoms with E-state index < -0.39 is 3.24 Å². The zero-order chi connectivity index (χ0) is 20.4. The number of carbonyl (C=O) groups is 1.